The lowest BCUT2D eigenvalue weighted by molar-refractivity contribution is -0.139. The molecule has 1 aromatic rings. The van der Waals surface area contributed by atoms with Crippen LogP contribution in [0, 0.1) is 5.82 Å². The zero-order valence-electron chi connectivity index (χ0n) is 10.1. The van der Waals surface area contributed by atoms with Crippen LogP contribution in [0.2, 0.25) is 0 Å². The third-order valence-electron chi connectivity index (χ3n) is 2.63. The highest BCUT2D eigenvalue weighted by molar-refractivity contribution is 6.62. The molecule has 0 saturated carbocycles. The minimum Gasteiger partial charge on any atom is -0.479 e. The zero-order valence-corrected chi connectivity index (χ0v) is 10.9. The highest BCUT2D eigenvalue weighted by atomic mass is 35.5. The Bertz CT molecular complexity index is 491. The van der Waals surface area contributed by atoms with Gasteiger partial charge in [0, 0.05) is 12.0 Å². The van der Waals surface area contributed by atoms with Crippen molar-refractivity contribution in [2.24, 2.45) is 5.73 Å². The molecular weight excluding hydrogens is 295 g/mol. The van der Waals surface area contributed by atoms with Gasteiger partial charge < -0.3 is 25.3 Å². The van der Waals surface area contributed by atoms with Gasteiger partial charge in [-0.25, -0.2) is 9.18 Å². The number of fused-ring (bicyclic) bond motifs is 1. The number of rotatable bonds is 4. The van der Waals surface area contributed by atoms with E-state index in [1.54, 1.807) is 0 Å². The van der Waals surface area contributed by atoms with Crippen molar-refractivity contribution in [2.45, 2.75) is 6.10 Å². The molecule has 0 saturated heterocycles. The van der Waals surface area contributed by atoms with Crippen LogP contribution >= 0.6 is 11.9 Å². The fourth-order valence-corrected chi connectivity index (χ4v) is 1.85. The number of carbonyl (C=O) groups is 1. The molecule has 10 heteroatoms. The molecule has 1 heterocycles. The maximum absolute atomic E-state index is 14.0. The minimum atomic E-state index is -1.41. The Morgan fingerprint density at radius 2 is 2.20 bits per heavy atom. The number of carboxylic acid groups (broad SMARTS) is 1. The number of nitrogens with two attached hydrogens (primary N) is 1. The molecule has 0 bridgehead atoms. The molecule has 110 valence electrons. The molecular formula is C10H12BClFNO6. The number of halogens is 2. The summed E-state index contributed by atoms with van der Waals surface area (Å²) in [5, 5.41) is 18.0. The van der Waals surface area contributed by atoms with Crippen LogP contribution in [0.3, 0.4) is 0 Å². The summed E-state index contributed by atoms with van der Waals surface area (Å²) in [6.45, 7) is -0.550. The molecule has 0 aliphatic carbocycles. The second-order valence-corrected chi connectivity index (χ2v) is 3.78. The predicted molar refractivity (Wildman–Crippen MR) is 68.1 cm³/mol. The van der Waals surface area contributed by atoms with Gasteiger partial charge >= 0.3 is 13.1 Å². The summed E-state index contributed by atoms with van der Waals surface area (Å²) < 4.78 is 30.3. The number of hydrogen-bond donors (Lipinski definition) is 4. The third-order valence-corrected chi connectivity index (χ3v) is 2.63. The molecule has 2 rings (SSSR count). The lowest BCUT2D eigenvalue weighted by atomic mass is 9.78. The molecule has 1 atom stereocenters. The summed E-state index contributed by atoms with van der Waals surface area (Å²) in [7, 11) is -1.41. The maximum Gasteiger partial charge on any atom is 0.495 e. The van der Waals surface area contributed by atoms with E-state index >= 15 is 0 Å². The van der Waals surface area contributed by atoms with Crippen molar-refractivity contribution in [3.63, 3.8) is 0 Å². The van der Waals surface area contributed by atoms with Crippen LogP contribution in [0.15, 0.2) is 12.1 Å². The summed E-state index contributed by atoms with van der Waals surface area (Å²) in [4.78, 5) is 10.3. The molecule has 1 aromatic carbocycles. The van der Waals surface area contributed by atoms with Gasteiger partial charge in [-0.2, -0.15) is 0 Å². The van der Waals surface area contributed by atoms with E-state index in [2.05, 4.69) is 11.9 Å². The fraction of sp³-hybridized carbons (Fsp3) is 0.300. The lowest BCUT2D eigenvalue weighted by Crippen LogP contribution is -2.31. The van der Waals surface area contributed by atoms with Crippen molar-refractivity contribution in [2.75, 3.05) is 13.2 Å². The normalized spacial score (nSPS) is 16.2. The van der Waals surface area contributed by atoms with Gasteiger partial charge in [-0.3, -0.25) is 4.66 Å². The molecule has 0 radical (unpaired) electrons. The quantitative estimate of drug-likeness (QED) is 0.534. The van der Waals surface area contributed by atoms with E-state index in [0.717, 1.165) is 0 Å². The van der Waals surface area contributed by atoms with Gasteiger partial charge in [0.15, 0.2) is 18.2 Å². The van der Waals surface area contributed by atoms with Crippen molar-refractivity contribution < 1.29 is 33.4 Å². The summed E-state index contributed by atoms with van der Waals surface area (Å²) in [5.41, 5.74) is 5.83. The summed E-state index contributed by atoms with van der Waals surface area (Å²) >= 11 is 3.64. The highest BCUT2D eigenvalue weighted by Gasteiger charge is 2.38. The Morgan fingerprint density at radius 1 is 1.55 bits per heavy atom. The fourth-order valence-electron chi connectivity index (χ4n) is 1.85. The molecule has 5 N–H and O–H groups in total. The van der Waals surface area contributed by atoms with Gasteiger partial charge in [-0.05, 0) is 11.6 Å². The first kappa shape index (κ1) is 16.7. The molecule has 20 heavy (non-hydrogen) atoms. The number of carboxylic acids is 1. The summed E-state index contributed by atoms with van der Waals surface area (Å²) in [6.07, 6.45) is -0.571. The average Bonchev–Trinajstić information content (AvgIpc) is 2.77. The van der Waals surface area contributed by atoms with E-state index in [0.29, 0.717) is 5.56 Å². The Hall–Kier alpha value is -1.39. The summed E-state index contributed by atoms with van der Waals surface area (Å²) in [6, 6.07) is 2.80. The van der Waals surface area contributed by atoms with Gasteiger partial charge in [0.2, 0.25) is 0 Å². The van der Waals surface area contributed by atoms with Crippen LogP contribution in [0.1, 0.15) is 11.7 Å². The van der Waals surface area contributed by atoms with Crippen molar-refractivity contribution >= 4 is 30.4 Å². The van der Waals surface area contributed by atoms with Crippen molar-refractivity contribution in [3.8, 4) is 5.75 Å². The minimum absolute atomic E-state index is 0.0478. The molecule has 0 amide bonds. The van der Waals surface area contributed by atoms with E-state index in [1.165, 1.54) is 12.1 Å². The van der Waals surface area contributed by atoms with Crippen molar-refractivity contribution in [3.05, 3.63) is 23.5 Å². The molecule has 1 unspecified atom stereocenters. The van der Waals surface area contributed by atoms with Gasteiger partial charge in [-0.1, -0.05) is 6.07 Å². The first-order valence-electron chi connectivity index (χ1n) is 5.42. The zero-order chi connectivity index (χ0) is 15.3. The van der Waals surface area contributed by atoms with Gasteiger partial charge in [0.1, 0.15) is 0 Å². The van der Waals surface area contributed by atoms with Crippen LogP contribution in [-0.2, 0) is 9.45 Å². The van der Waals surface area contributed by atoms with E-state index in [9.17, 15) is 14.2 Å². The van der Waals surface area contributed by atoms with Crippen LogP contribution in [0.5, 0.6) is 5.75 Å². The van der Waals surface area contributed by atoms with E-state index < -0.39 is 31.6 Å². The standard InChI is InChI=1S/C10H11BFNO5.ClHO/c12-10-6(17-4-8(14)15)2-1-5-7(3-13)18-11(16)9(5)10;1-2/h1-2,7,16H,3-4,13H2,(H,14,15);2H. The highest BCUT2D eigenvalue weighted by Crippen LogP contribution is 2.27. The molecule has 0 spiro atoms. The van der Waals surface area contributed by atoms with Crippen LogP contribution in [-0.4, -0.2) is 41.0 Å². The topological polar surface area (TPSA) is 122 Å². The number of aliphatic carboxylic acids is 1. The predicted octanol–water partition coefficient (Wildman–Crippen LogP) is -0.861. The van der Waals surface area contributed by atoms with E-state index in [4.69, 9.17) is 24.9 Å². The number of hydrogen-bond acceptors (Lipinski definition) is 6. The smallest absolute Gasteiger partial charge is 0.479 e. The first-order valence-corrected chi connectivity index (χ1v) is 5.75. The Kier molecular flexibility index (Phi) is 6.18. The van der Waals surface area contributed by atoms with Crippen molar-refractivity contribution in [1.29, 1.82) is 0 Å². The molecule has 1 aliphatic rings. The van der Waals surface area contributed by atoms with Crippen molar-refractivity contribution in [1.82, 2.24) is 0 Å². The molecule has 7 nitrogen and oxygen atoms in total. The van der Waals surface area contributed by atoms with E-state index in [-0.39, 0.29) is 17.8 Å². The second kappa shape index (κ2) is 7.41. The van der Waals surface area contributed by atoms with E-state index in [1.807, 2.05) is 0 Å². The van der Waals surface area contributed by atoms with Gasteiger partial charge in [0.05, 0.1) is 18.0 Å². The molecule has 0 fully saturated rings. The van der Waals surface area contributed by atoms with Gasteiger partial charge in [-0.15, -0.1) is 0 Å². The number of benzene rings is 1. The second-order valence-electron chi connectivity index (χ2n) is 3.78. The van der Waals surface area contributed by atoms with Crippen LogP contribution < -0.4 is 15.9 Å². The largest absolute Gasteiger partial charge is 0.495 e. The molecule has 0 aromatic heterocycles. The summed E-state index contributed by atoms with van der Waals surface area (Å²) in [5.74, 6) is -2.28. The lowest BCUT2D eigenvalue weighted by Gasteiger charge is -2.10. The average molecular weight is 307 g/mol. The van der Waals surface area contributed by atoms with Crippen LogP contribution in [0.4, 0.5) is 4.39 Å². The third kappa shape index (κ3) is 3.38. The Balaban J connectivity index is 0.000000956. The molecule has 1 aliphatic heterocycles. The Labute approximate surface area is 119 Å². The Morgan fingerprint density at radius 3 is 2.75 bits per heavy atom. The van der Waals surface area contributed by atoms with Crippen LogP contribution in [0.25, 0.3) is 0 Å². The first-order chi connectivity index (χ1) is 9.54. The monoisotopic (exact) mass is 307 g/mol. The van der Waals surface area contributed by atoms with Gasteiger partial charge in [0.25, 0.3) is 0 Å². The SMILES string of the molecule is NCC1OB(O)c2c1ccc(OCC(=O)O)c2F.OCl. The number of ether oxygens (including phenoxy) is 1. The maximum atomic E-state index is 14.0.